The number of Topliss-reactive ketones (excluding diaryl/α,β-unsaturated/α-hetero) is 1. The molecule has 0 radical (unpaired) electrons. The molecule has 0 aliphatic carbocycles. The van der Waals surface area contributed by atoms with E-state index in [4.69, 9.17) is 23.4 Å². The molecule has 6 nitrogen and oxygen atoms in total. The molecule has 0 bridgehead atoms. The fourth-order valence-corrected chi connectivity index (χ4v) is 11.5. The third kappa shape index (κ3) is 4.82. The minimum Gasteiger partial charge on any atom is -0.404 e. The van der Waals surface area contributed by atoms with Crippen LogP contribution in [0.4, 0.5) is 0 Å². The van der Waals surface area contributed by atoms with Crippen LogP contribution >= 0.6 is 0 Å². The van der Waals surface area contributed by atoms with Crippen LogP contribution in [0.1, 0.15) is 52.9 Å². The average Bonchev–Trinajstić information content (AvgIpc) is 2.92. The molecule has 38 heavy (non-hydrogen) atoms. The Morgan fingerprint density at radius 1 is 0.789 bits per heavy atom. The summed E-state index contributed by atoms with van der Waals surface area (Å²) in [6, 6.07) is 21.0. The Bertz CT molecular complexity index is 1060. The summed E-state index contributed by atoms with van der Waals surface area (Å²) in [5.41, 5.74) is 0. The van der Waals surface area contributed by atoms with Crippen molar-refractivity contribution in [2.75, 3.05) is 13.2 Å². The second-order valence-electron chi connectivity index (χ2n) is 12.3. The number of carbonyl (C=O) groups excluding carboxylic acids is 1. The number of ketones is 1. The van der Waals surface area contributed by atoms with Gasteiger partial charge in [0.05, 0.1) is 43.2 Å². The zero-order valence-electron chi connectivity index (χ0n) is 22.7. The van der Waals surface area contributed by atoms with Gasteiger partial charge in [0.25, 0.3) is 8.32 Å². The van der Waals surface area contributed by atoms with Crippen LogP contribution < -0.4 is 10.4 Å². The molecule has 204 valence electrons. The number of ether oxygens (including phenoxy) is 4. The normalized spacial score (nSPS) is 33.7. The summed E-state index contributed by atoms with van der Waals surface area (Å²) in [4.78, 5) is 13.4. The number of benzene rings is 2. The lowest BCUT2D eigenvalue weighted by Gasteiger charge is -2.50. The third-order valence-corrected chi connectivity index (χ3v) is 13.8. The van der Waals surface area contributed by atoms with E-state index in [1.165, 1.54) is 10.4 Å². The Labute approximate surface area is 227 Å². The van der Waals surface area contributed by atoms with Gasteiger partial charge in [0, 0.05) is 25.9 Å². The largest absolute Gasteiger partial charge is 0.404 e. The molecule has 0 aromatic heterocycles. The van der Waals surface area contributed by atoms with Crippen molar-refractivity contribution in [3.63, 3.8) is 0 Å². The number of hydrogen-bond acceptors (Lipinski definition) is 6. The van der Waals surface area contributed by atoms with Crippen LogP contribution in [0.3, 0.4) is 0 Å². The van der Waals surface area contributed by atoms with Gasteiger partial charge in [-0.3, -0.25) is 4.79 Å². The second kappa shape index (κ2) is 10.6. The molecular weight excluding hydrogens is 496 g/mol. The monoisotopic (exact) mass is 536 g/mol. The highest BCUT2D eigenvalue weighted by Gasteiger charge is 2.53. The zero-order valence-corrected chi connectivity index (χ0v) is 23.7. The summed E-state index contributed by atoms with van der Waals surface area (Å²) in [5.74, 6) is 0.0613. The summed E-state index contributed by atoms with van der Waals surface area (Å²) >= 11 is 0. The number of rotatable bonds is 5. The summed E-state index contributed by atoms with van der Waals surface area (Å²) < 4.78 is 32.3. The molecule has 7 heteroatoms. The predicted molar refractivity (Wildman–Crippen MR) is 147 cm³/mol. The molecule has 4 aliphatic rings. The molecule has 2 aromatic rings. The van der Waals surface area contributed by atoms with Crippen LogP contribution in [0.25, 0.3) is 0 Å². The first-order valence-electron chi connectivity index (χ1n) is 14.2. The van der Waals surface area contributed by atoms with Crippen molar-refractivity contribution in [3.8, 4) is 0 Å². The molecule has 0 N–H and O–H groups in total. The van der Waals surface area contributed by atoms with Crippen molar-refractivity contribution in [1.82, 2.24) is 0 Å². The maximum absolute atomic E-state index is 13.4. The lowest BCUT2D eigenvalue weighted by Crippen LogP contribution is -2.67. The van der Waals surface area contributed by atoms with Crippen LogP contribution in [-0.2, 0) is 28.2 Å². The van der Waals surface area contributed by atoms with Gasteiger partial charge < -0.3 is 23.4 Å². The number of fused-ring (bicyclic) bond motifs is 3. The van der Waals surface area contributed by atoms with Crippen LogP contribution in [0.5, 0.6) is 0 Å². The molecule has 0 unspecified atom stereocenters. The van der Waals surface area contributed by atoms with Crippen LogP contribution in [0.15, 0.2) is 60.7 Å². The minimum atomic E-state index is -2.76. The van der Waals surface area contributed by atoms with E-state index in [1.807, 2.05) is 12.1 Å². The fraction of sp³-hybridized carbons (Fsp3) is 0.581. The molecule has 4 heterocycles. The van der Waals surface area contributed by atoms with Crippen molar-refractivity contribution in [3.05, 3.63) is 60.7 Å². The fourth-order valence-electron chi connectivity index (χ4n) is 6.96. The summed E-state index contributed by atoms with van der Waals surface area (Å²) in [7, 11) is -2.76. The Balaban J connectivity index is 1.21. The van der Waals surface area contributed by atoms with Crippen LogP contribution in [-0.4, -0.2) is 70.0 Å². The van der Waals surface area contributed by atoms with Crippen LogP contribution in [0, 0.1) is 0 Å². The molecule has 4 fully saturated rings. The van der Waals surface area contributed by atoms with Crippen molar-refractivity contribution in [1.29, 1.82) is 0 Å². The molecule has 7 atom stereocenters. The van der Waals surface area contributed by atoms with Gasteiger partial charge in [0.1, 0.15) is 6.10 Å². The topological polar surface area (TPSA) is 63.2 Å². The maximum Gasteiger partial charge on any atom is 0.261 e. The molecular formula is C31H40O6Si. The number of hydrogen-bond donors (Lipinski definition) is 0. The Morgan fingerprint density at radius 3 is 2.00 bits per heavy atom. The molecule has 4 saturated heterocycles. The van der Waals surface area contributed by atoms with E-state index in [9.17, 15) is 4.79 Å². The molecule has 2 aromatic carbocycles. The van der Waals surface area contributed by atoms with E-state index in [2.05, 4.69) is 69.3 Å². The third-order valence-electron chi connectivity index (χ3n) is 8.81. The van der Waals surface area contributed by atoms with Crippen molar-refractivity contribution >= 4 is 24.5 Å². The smallest absolute Gasteiger partial charge is 0.261 e. The summed E-state index contributed by atoms with van der Waals surface area (Å²) in [5, 5.41) is 2.23. The van der Waals surface area contributed by atoms with Crippen molar-refractivity contribution in [2.45, 2.75) is 101 Å². The van der Waals surface area contributed by atoms with Crippen LogP contribution in [0.2, 0.25) is 5.04 Å². The SMILES string of the molecule is CC(C)(C)[Si](OC[C@H]1O[C@H]2C[C@H]3O[C@H]4CCCO[C@@H]4C[C@@H]3O[C@@H]2CC1=O)(c1ccccc1)c1ccccc1. The molecule has 4 aliphatic heterocycles. The summed E-state index contributed by atoms with van der Waals surface area (Å²) in [6.07, 6.45) is 3.24. The van der Waals surface area contributed by atoms with E-state index >= 15 is 0 Å². The first-order valence-corrected chi connectivity index (χ1v) is 16.1. The van der Waals surface area contributed by atoms with E-state index in [-0.39, 0.29) is 54.1 Å². The summed E-state index contributed by atoms with van der Waals surface area (Å²) in [6.45, 7) is 7.77. The Hall–Kier alpha value is -1.87. The quantitative estimate of drug-likeness (QED) is 0.542. The van der Waals surface area contributed by atoms with E-state index < -0.39 is 14.4 Å². The Kier molecular flexibility index (Phi) is 7.35. The maximum atomic E-state index is 13.4. The van der Waals surface area contributed by atoms with E-state index in [0.29, 0.717) is 6.42 Å². The van der Waals surface area contributed by atoms with Gasteiger partial charge in [-0.2, -0.15) is 0 Å². The minimum absolute atomic E-state index is 0.00866. The highest BCUT2D eigenvalue weighted by Crippen LogP contribution is 2.40. The highest BCUT2D eigenvalue weighted by molar-refractivity contribution is 6.99. The van der Waals surface area contributed by atoms with Gasteiger partial charge in [0.15, 0.2) is 5.78 Å². The van der Waals surface area contributed by atoms with Gasteiger partial charge in [-0.1, -0.05) is 81.4 Å². The molecule has 0 saturated carbocycles. The molecule has 0 spiro atoms. The van der Waals surface area contributed by atoms with Gasteiger partial charge in [-0.05, 0) is 28.3 Å². The lowest BCUT2D eigenvalue weighted by atomic mass is 9.85. The average molecular weight is 537 g/mol. The second-order valence-corrected chi connectivity index (χ2v) is 16.6. The van der Waals surface area contributed by atoms with Gasteiger partial charge in [0.2, 0.25) is 0 Å². The standard InChI is InChI=1S/C31H40O6Si/c1-31(2,3)38(21-11-6-4-7-12-21,22-13-8-5-9-14-22)34-20-30-23(32)17-26-28(37-30)19-29-27(36-26)18-25-24(35-29)15-10-16-33-25/h4-9,11-14,24-30H,10,15-20H2,1-3H3/t24-,25+,26+,27-,28-,29+,30+/m0/s1. The first kappa shape index (κ1) is 26.4. The predicted octanol–water partition coefficient (Wildman–Crippen LogP) is 3.78. The zero-order chi connectivity index (χ0) is 26.3. The van der Waals surface area contributed by atoms with E-state index in [0.717, 1.165) is 32.3 Å². The number of carbonyl (C=O) groups is 1. The Morgan fingerprint density at radius 2 is 1.37 bits per heavy atom. The first-order chi connectivity index (χ1) is 18.3. The van der Waals surface area contributed by atoms with Gasteiger partial charge in [-0.15, -0.1) is 0 Å². The molecule has 6 rings (SSSR count). The van der Waals surface area contributed by atoms with E-state index in [1.54, 1.807) is 0 Å². The lowest BCUT2D eigenvalue weighted by molar-refractivity contribution is -0.274. The highest BCUT2D eigenvalue weighted by atomic mass is 28.4. The van der Waals surface area contributed by atoms with Crippen molar-refractivity contribution in [2.24, 2.45) is 0 Å². The van der Waals surface area contributed by atoms with Gasteiger partial charge >= 0.3 is 0 Å². The molecule has 0 amide bonds. The van der Waals surface area contributed by atoms with Gasteiger partial charge in [-0.25, -0.2) is 0 Å². The van der Waals surface area contributed by atoms with Crippen molar-refractivity contribution < 1.29 is 28.2 Å².